The molecule has 0 aliphatic carbocycles. The van der Waals surface area contributed by atoms with E-state index < -0.39 is 5.92 Å². The average molecular weight is 338 g/mol. The molecule has 3 heterocycles. The standard InChI is InChI=1S/C17H24F2N4O/c1-21(2)9-14-7-17(18,19)12-23(14)15-10-22(11-15)16(24)6-13-4-3-5-20-8-13/h3-5,8,14-15H,6-7,9-12H2,1-2H3/t14-/m0/s1. The van der Waals surface area contributed by atoms with Gasteiger partial charge in [-0.2, -0.15) is 0 Å². The first-order chi connectivity index (χ1) is 11.3. The van der Waals surface area contributed by atoms with Crippen LogP contribution in [0.2, 0.25) is 0 Å². The van der Waals surface area contributed by atoms with Crippen LogP contribution in [0.25, 0.3) is 0 Å². The predicted octanol–water partition coefficient (Wildman–Crippen LogP) is 1.11. The quantitative estimate of drug-likeness (QED) is 0.806. The number of carbonyl (C=O) groups excluding carboxylic acids is 1. The van der Waals surface area contributed by atoms with Gasteiger partial charge >= 0.3 is 0 Å². The summed E-state index contributed by atoms with van der Waals surface area (Å²) < 4.78 is 27.6. The van der Waals surface area contributed by atoms with Crippen LogP contribution in [-0.4, -0.2) is 83.9 Å². The SMILES string of the molecule is CN(C)C[C@@H]1CC(F)(F)CN1C1CN(C(=O)Cc2cccnc2)C1. The molecule has 2 fully saturated rings. The van der Waals surface area contributed by atoms with E-state index in [0.29, 0.717) is 26.1 Å². The Kier molecular flexibility index (Phi) is 4.83. The number of alkyl halides is 2. The highest BCUT2D eigenvalue weighted by atomic mass is 19.3. The lowest BCUT2D eigenvalue weighted by Crippen LogP contribution is -2.63. The summed E-state index contributed by atoms with van der Waals surface area (Å²) in [6, 6.07) is 3.58. The molecule has 0 spiro atoms. The van der Waals surface area contributed by atoms with Gasteiger partial charge in [-0.05, 0) is 25.7 Å². The number of rotatable bonds is 5. The van der Waals surface area contributed by atoms with Crippen LogP contribution < -0.4 is 0 Å². The van der Waals surface area contributed by atoms with Crippen molar-refractivity contribution in [2.24, 2.45) is 0 Å². The van der Waals surface area contributed by atoms with Crippen molar-refractivity contribution in [1.29, 1.82) is 0 Å². The van der Waals surface area contributed by atoms with Gasteiger partial charge in [-0.15, -0.1) is 0 Å². The highest BCUT2D eigenvalue weighted by molar-refractivity contribution is 5.79. The van der Waals surface area contributed by atoms with E-state index in [-0.39, 0.29) is 31.0 Å². The van der Waals surface area contributed by atoms with Crippen molar-refractivity contribution in [3.8, 4) is 0 Å². The van der Waals surface area contributed by atoms with Crippen molar-refractivity contribution in [2.75, 3.05) is 40.3 Å². The predicted molar refractivity (Wildman–Crippen MR) is 86.9 cm³/mol. The third kappa shape index (κ3) is 3.89. The van der Waals surface area contributed by atoms with Gasteiger partial charge in [-0.3, -0.25) is 14.7 Å². The third-order valence-electron chi connectivity index (χ3n) is 4.76. The molecule has 7 heteroatoms. The zero-order valence-electron chi connectivity index (χ0n) is 14.2. The zero-order chi connectivity index (χ0) is 17.3. The number of hydrogen-bond donors (Lipinski definition) is 0. The van der Waals surface area contributed by atoms with Crippen LogP contribution >= 0.6 is 0 Å². The van der Waals surface area contributed by atoms with Gasteiger partial charge in [0.1, 0.15) is 0 Å². The molecule has 0 N–H and O–H groups in total. The highest BCUT2D eigenvalue weighted by Gasteiger charge is 2.50. The lowest BCUT2D eigenvalue weighted by molar-refractivity contribution is -0.138. The van der Waals surface area contributed by atoms with Gasteiger partial charge in [-0.25, -0.2) is 8.78 Å². The van der Waals surface area contributed by atoms with E-state index in [0.717, 1.165) is 5.56 Å². The van der Waals surface area contributed by atoms with Crippen LogP contribution in [0.15, 0.2) is 24.5 Å². The molecule has 1 atom stereocenters. The van der Waals surface area contributed by atoms with Crippen LogP contribution in [0.5, 0.6) is 0 Å². The lowest BCUT2D eigenvalue weighted by Gasteiger charge is -2.46. The molecule has 24 heavy (non-hydrogen) atoms. The molecular formula is C17H24F2N4O. The second kappa shape index (κ2) is 6.72. The second-order valence-corrected chi connectivity index (χ2v) is 7.14. The molecule has 0 saturated carbocycles. The normalized spacial score (nSPS) is 24.4. The van der Waals surface area contributed by atoms with E-state index >= 15 is 0 Å². The number of pyridine rings is 1. The molecule has 2 aliphatic rings. The molecule has 2 aliphatic heterocycles. The molecule has 132 valence electrons. The Morgan fingerprint density at radius 1 is 1.42 bits per heavy atom. The van der Waals surface area contributed by atoms with E-state index in [1.54, 1.807) is 23.4 Å². The van der Waals surface area contributed by atoms with Gasteiger partial charge in [0, 0.05) is 50.5 Å². The van der Waals surface area contributed by atoms with Crippen molar-refractivity contribution in [3.05, 3.63) is 30.1 Å². The Morgan fingerprint density at radius 2 is 2.17 bits per heavy atom. The first kappa shape index (κ1) is 17.2. The maximum absolute atomic E-state index is 13.8. The maximum Gasteiger partial charge on any atom is 0.262 e. The van der Waals surface area contributed by atoms with E-state index in [1.165, 1.54) is 0 Å². The molecular weight excluding hydrogens is 314 g/mol. The summed E-state index contributed by atoms with van der Waals surface area (Å²) in [6.07, 6.45) is 3.58. The Hall–Kier alpha value is -1.60. The smallest absolute Gasteiger partial charge is 0.262 e. The number of likely N-dealkylation sites (tertiary alicyclic amines) is 2. The number of likely N-dealkylation sites (N-methyl/N-ethyl adjacent to an activating group) is 1. The summed E-state index contributed by atoms with van der Waals surface area (Å²) in [5.41, 5.74) is 0.879. The Balaban J connectivity index is 1.54. The number of aromatic nitrogens is 1. The number of halogens is 2. The molecule has 1 amide bonds. The summed E-state index contributed by atoms with van der Waals surface area (Å²) >= 11 is 0. The monoisotopic (exact) mass is 338 g/mol. The van der Waals surface area contributed by atoms with Gasteiger partial charge in [-0.1, -0.05) is 6.07 Å². The molecule has 5 nitrogen and oxygen atoms in total. The van der Waals surface area contributed by atoms with Crippen molar-refractivity contribution >= 4 is 5.91 Å². The summed E-state index contributed by atoms with van der Waals surface area (Å²) in [7, 11) is 3.80. The summed E-state index contributed by atoms with van der Waals surface area (Å²) in [4.78, 5) is 21.9. The minimum atomic E-state index is -2.62. The number of amides is 1. The zero-order valence-corrected chi connectivity index (χ0v) is 14.2. The van der Waals surface area contributed by atoms with Crippen LogP contribution in [-0.2, 0) is 11.2 Å². The molecule has 1 aromatic heterocycles. The van der Waals surface area contributed by atoms with E-state index in [1.807, 2.05) is 30.0 Å². The Bertz CT molecular complexity index is 575. The first-order valence-electron chi connectivity index (χ1n) is 8.29. The van der Waals surface area contributed by atoms with Gasteiger partial charge < -0.3 is 9.80 Å². The largest absolute Gasteiger partial charge is 0.339 e. The van der Waals surface area contributed by atoms with E-state index in [9.17, 15) is 13.6 Å². The van der Waals surface area contributed by atoms with Crippen LogP contribution in [0.3, 0.4) is 0 Å². The van der Waals surface area contributed by atoms with Crippen LogP contribution in [0.1, 0.15) is 12.0 Å². The van der Waals surface area contributed by atoms with E-state index in [4.69, 9.17) is 0 Å². The van der Waals surface area contributed by atoms with Gasteiger partial charge in [0.05, 0.1) is 13.0 Å². The molecule has 0 bridgehead atoms. The summed E-state index contributed by atoms with van der Waals surface area (Å²) in [5.74, 6) is -2.59. The minimum Gasteiger partial charge on any atom is -0.339 e. The van der Waals surface area contributed by atoms with Crippen molar-refractivity contribution in [2.45, 2.75) is 30.8 Å². The fraction of sp³-hybridized carbons (Fsp3) is 0.647. The lowest BCUT2D eigenvalue weighted by atomic mass is 10.0. The Labute approximate surface area is 141 Å². The van der Waals surface area contributed by atoms with Crippen LogP contribution in [0.4, 0.5) is 8.78 Å². The molecule has 1 aromatic rings. The fourth-order valence-electron chi connectivity index (χ4n) is 3.60. The van der Waals surface area contributed by atoms with Crippen molar-refractivity contribution < 1.29 is 13.6 Å². The van der Waals surface area contributed by atoms with Gasteiger partial charge in [0.2, 0.25) is 5.91 Å². The van der Waals surface area contributed by atoms with E-state index in [2.05, 4.69) is 4.98 Å². The molecule has 0 aromatic carbocycles. The maximum atomic E-state index is 13.8. The summed E-state index contributed by atoms with van der Waals surface area (Å²) in [5, 5.41) is 0. The topological polar surface area (TPSA) is 39.7 Å². The average Bonchev–Trinajstić information content (AvgIpc) is 2.72. The van der Waals surface area contributed by atoms with Crippen molar-refractivity contribution in [3.63, 3.8) is 0 Å². The van der Waals surface area contributed by atoms with Gasteiger partial charge in [0.25, 0.3) is 5.92 Å². The van der Waals surface area contributed by atoms with Crippen molar-refractivity contribution in [1.82, 2.24) is 19.7 Å². The number of carbonyl (C=O) groups is 1. The Morgan fingerprint density at radius 3 is 2.79 bits per heavy atom. The molecule has 0 radical (unpaired) electrons. The van der Waals surface area contributed by atoms with Crippen LogP contribution in [0, 0.1) is 0 Å². The molecule has 2 saturated heterocycles. The minimum absolute atomic E-state index is 0.0365. The number of nitrogens with zero attached hydrogens (tertiary/aromatic N) is 4. The first-order valence-corrected chi connectivity index (χ1v) is 8.29. The molecule has 3 rings (SSSR count). The number of hydrogen-bond acceptors (Lipinski definition) is 4. The third-order valence-corrected chi connectivity index (χ3v) is 4.76. The second-order valence-electron chi connectivity index (χ2n) is 7.14. The highest BCUT2D eigenvalue weighted by Crippen LogP contribution is 2.35. The van der Waals surface area contributed by atoms with Gasteiger partial charge in [0.15, 0.2) is 0 Å². The molecule has 0 unspecified atom stereocenters. The fourth-order valence-corrected chi connectivity index (χ4v) is 3.60. The summed E-state index contributed by atoms with van der Waals surface area (Å²) in [6.45, 7) is 1.51.